The first kappa shape index (κ1) is 12.7. The molecule has 1 heterocycles. The smallest absolute Gasteiger partial charge is 0.270 e. The molecule has 1 aromatic rings. The van der Waals surface area contributed by atoms with E-state index in [2.05, 4.69) is 4.57 Å². The summed E-state index contributed by atoms with van der Waals surface area (Å²) in [4.78, 5) is 14.6. The van der Waals surface area contributed by atoms with E-state index < -0.39 is 0 Å². The van der Waals surface area contributed by atoms with Crippen LogP contribution in [0.3, 0.4) is 0 Å². The summed E-state index contributed by atoms with van der Waals surface area (Å²) in [6, 6.07) is 4.80. The zero-order valence-corrected chi connectivity index (χ0v) is 11.6. The molecular weight excluding hydrogens is 238 g/mol. The summed E-state index contributed by atoms with van der Waals surface area (Å²) in [5.41, 5.74) is 6.67. The molecule has 2 unspecified atom stereocenters. The Morgan fingerprint density at radius 2 is 2.21 bits per heavy atom. The molecule has 19 heavy (non-hydrogen) atoms. The first-order chi connectivity index (χ1) is 9.22. The van der Waals surface area contributed by atoms with Crippen LogP contribution in [-0.2, 0) is 0 Å². The number of hydrogen-bond donors (Lipinski definition) is 1. The first-order valence-electron chi connectivity index (χ1n) is 7.36. The molecule has 2 aliphatic carbocycles. The van der Waals surface area contributed by atoms with Gasteiger partial charge in [0.2, 0.25) is 0 Å². The molecule has 2 atom stereocenters. The number of aromatic nitrogens is 1. The number of nitrogens with two attached hydrogens (primary N) is 1. The lowest BCUT2D eigenvalue weighted by molar-refractivity contribution is 0.0688. The van der Waals surface area contributed by atoms with Crippen LogP contribution in [0, 0.1) is 5.92 Å². The van der Waals surface area contributed by atoms with E-state index in [1.54, 1.807) is 0 Å². The van der Waals surface area contributed by atoms with Gasteiger partial charge in [-0.1, -0.05) is 6.42 Å². The van der Waals surface area contributed by atoms with E-state index in [-0.39, 0.29) is 5.91 Å². The van der Waals surface area contributed by atoms with Crippen molar-refractivity contribution in [3.05, 3.63) is 24.0 Å². The van der Waals surface area contributed by atoms with Gasteiger partial charge in [0.05, 0.1) is 0 Å². The monoisotopic (exact) mass is 261 g/mol. The van der Waals surface area contributed by atoms with Crippen molar-refractivity contribution in [2.75, 3.05) is 13.6 Å². The van der Waals surface area contributed by atoms with Crippen LogP contribution in [0.1, 0.15) is 48.6 Å². The van der Waals surface area contributed by atoms with Crippen LogP contribution in [-0.4, -0.2) is 35.0 Å². The van der Waals surface area contributed by atoms with Crippen LogP contribution >= 0.6 is 0 Å². The summed E-state index contributed by atoms with van der Waals surface area (Å²) in [6.07, 6.45) is 7.87. The Labute approximate surface area is 114 Å². The van der Waals surface area contributed by atoms with Crippen LogP contribution in [0.2, 0.25) is 0 Å². The average molecular weight is 261 g/mol. The molecule has 3 rings (SSSR count). The summed E-state index contributed by atoms with van der Waals surface area (Å²) in [7, 11) is 1.94. The average Bonchev–Trinajstić information content (AvgIpc) is 2.98. The van der Waals surface area contributed by atoms with Crippen molar-refractivity contribution >= 4 is 5.91 Å². The molecule has 4 heteroatoms. The maximum atomic E-state index is 12.7. The predicted octanol–water partition coefficient (Wildman–Crippen LogP) is 2.02. The highest BCUT2D eigenvalue weighted by Gasteiger charge is 2.34. The van der Waals surface area contributed by atoms with Crippen LogP contribution in [0.25, 0.3) is 0 Å². The molecule has 104 valence electrons. The molecule has 0 saturated heterocycles. The van der Waals surface area contributed by atoms with E-state index in [1.807, 2.05) is 30.3 Å². The Bertz CT molecular complexity index is 464. The van der Waals surface area contributed by atoms with Gasteiger partial charge >= 0.3 is 0 Å². The van der Waals surface area contributed by atoms with Crippen LogP contribution < -0.4 is 5.73 Å². The second kappa shape index (κ2) is 5.00. The molecular formula is C15H23N3O. The largest absolute Gasteiger partial charge is 0.340 e. The molecule has 0 bridgehead atoms. The van der Waals surface area contributed by atoms with Gasteiger partial charge in [0.15, 0.2) is 0 Å². The van der Waals surface area contributed by atoms with Gasteiger partial charge in [-0.3, -0.25) is 4.79 Å². The molecule has 1 amide bonds. The highest BCUT2D eigenvalue weighted by Crippen LogP contribution is 2.37. The number of amides is 1. The second-order valence-corrected chi connectivity index (χ2v) is 5.94. The Hall–Kier alpha value is -1.29. The molecule has 1 aromatic heterocycles. The van der Waals surface area contributed by atoms with Crippen molar-refractivity contribution in [2.45, 2.75) is 44.2 Å². The molecule has 2 fully saturated rings. The highest BCUT2D eigenvalue weighted by atomic mass is 16.2. The summed E-state index contributed by atoms with van der Waals surface area (Å²) >= 11 is 0. The zero-order chi connectivity index (χ0) is 13.4. The van der Waals surface area contributed by atoms with Crippen molar-refractivity contribution in [3.8, 4) is 0 Å². The van der Waals surface area contributed by atoms with Gasteiger partial charge in [0.25, 0.3) is 5.91 Å². The minimum atomic E-state index is 0.155. The normalized spacial score (nSPS) is 26.6. The van der Waals surface area contributed by atoms with E-state index in [4.69, 9.17) is 5.73 Å². The van der Waals surface area contributed by atoms with Gasteiger partial charge in [-0.05, 0) is 50.3 Å². The molecule has 0 spiro atoms. The zero-order valence-electron chi connectivity index (χ0n) is 11.6. The fourth-order valence-corrected chi connectivity index (χ4v) is 3.38. The van der Waals surface area contributed by atoms with Gasteiger partial charge in [-0.15, -0.1) is 0 Å². The lowest BCUT2D eigenvalue weighted by Crippen LogP contribution is -2.42. The standard InChI is InChI=1S/C15H23N3O/c1-17(13-5-2-4-11(13)10-16)15(19)14-6-3-9-18(14)12-7-8-12/h3,6,9,11-13H,2,4-5,7-8,10,16H2,1H3. The molecule has 0 aliphatic heterocycles. The third kappa shape index (κ3) is 2.29. The van der Waals surface area contributed by atoms with Crippen molar-refractivity contribution in [1.82, 2.24) is 9.47 Å². The second-order valence-electron chi connectivity index (χ2n) is 5.94. The predicted molar refractivity (Wildman–Crippen MR) is 75.0 cm³/mol. The van der Waals surface area contributed by atoms with Crippen molar-refractivity contribution in [1.29, 1.82) is 0 Å². The number of carbonyl (C=O) groups is 1. The van der Waals surface area contributed by atoms with Crippen molar-refractivity contribution < 1.29 is 4.79 Å². The van der Waals surface area contributed by atoms with Crippen LogP contribution in [0.5, 0.6) is 0 Å². The summed E-state index contributed by atoms with van der Waals surface area (Å²) in [6.45, 7) is 0.686. The molecule has 0 aromatic carbocycles. The summed E-state index contributed by atoms with van der Waals surface area (Å²) in [5.74, 6) is 0.625. The minimum Gasteiger partial charge on any atom is -0.340 e. The quantitative estimate of drug-likeness (QED) is 0.901. The lowest BCUT2D eigenvalue weighted by atomic mass is 10.0. The van der Waals surface area contributed by atoms with Crippen molar-refractivity contribution in [2.24, 2.45) is 11.7 Å². The lowest BCUT2D eigenvalue weighted by Gasteiger charge is -2.29. The van der Waals surface area contributed by atoms with E-state index >= 15 is 0 Å². The maximum Gasteiger partial charge on any atom is 0.270 e. The molecule has 2 aliphatic rings. The van der Waals surface area contributed by atoms with Gasteiger partial charge in [-0.25, -0.2) is 0 Å². The van der Waals surface area contributed by atoms with E-state index in [9.17, 15) is 4.79 Å². The maximum absolute atomic E-state index is 12.7. The van der Waals surface area contributed by atoms with Gasteiger partial charge < -0.3 is 15.2 Å². The van der Waals surface area contributed by atoms with Gasteiger partial charge in [-0.2, -0.15) is 0 Å². The molecule has 2 N–H and O–H groups in total. The third-order valence-electron chi connectivity index (χ3n) is 4.68. The number of hydrogen-bond acceptors (Lipinski definition) is 2. The highest BCUT2D eigenvalue weighted by molar-refractivity contribution is 5.93. The van der Waals surface area contributed by atoms with E-state index in [0.29, 0.717) is 24.5 Å². The molecule has 2 saturated carbocycles. The third-order valence-corrected chi connectivity index (χ3v) is 4.68. The summed E-state index contributed by atoms with van der Waals surface area (Å²) in [5, 5.41) is 0. The van der Waals surface area contributed by atoms with E-state index in [1.165, 1.54) is 19.3 Å². The Balaban J connectivity index is 1.77. The fraction of sp³-hybridized carbons (Fsp3) is 0.667. The van der Waals surface area contributed by atoms with Gasteiger partial charge in [0.1, 0.15) is 5.69 Å². The van der Waals surface area contributed by atoms with Gasteiger partial charge in [0, 0.05) is 25.3 Å². The Kier molecular flexibility index (Phi) is 3.35. The van der Waals surface area contributed by atoms with Crippen LogP contribution in [0.4, 0.5) is 0 Å². The Morgan fingerprint density at radius 3 is 2.89 bits per heavy atom. The Morgan fingerprint density at radius 1 is 1.42 bits per heavy atom. The molecule has 0 radical (unpaired) electrons. The summed E-state index contributed by atoms with van der Waals surface area (Å²) < 4.78 is 2.14. The number of nitrogens with zero attached hydrogens (tertiary/aromatic N) is 2. The minimum absolute atomic E-state index is 0.155. The van der Waals surface area contributed by atoms with Crippen LogP contribution in [0.15, 0.2) is 18.3 Å². The molecule has 4 nitrogen and oxygen atoms in total. The fourth-order valence-electron chi connectivity index (χ4n) is 3.38. The van der Waals surface area contributed by atoms with E-state index in [0.717, 1.165) is 18.5 Å². The number of carbonyl (C=O) groups excluding carboxylic acids is 1. The topological polar surface area (TPSA) is 51.3 Å². The first-order valence-corrected chi connectivity index (χ1v) is 7.36. The number of rotatable bonds is 4. The van der Waals surface area contributed by atoms with Crippen molar-refractivity contribution in [3.63, 3.8) is 0 Å². The SMILES string of the molecule is CN(C(=O)c1cccn1C1CC1)C1CCCC1CN.